The Balaban J connectivity index is 1.82. The summed E-state index contributed by atoms with van der Waals surface area (Å²) in [4.78, 5) is 5.64. The molecule has 2 aliphatic rings. The number of nitrogens with one attached hydrogen (secondary N) is 1. The first-order valence-electron chi connectivity index (χ1n) is 6.93. The van der Waals surface area contributed by atoms with E-state index in [4.69, 9.17) is 11.3 Å². The third kappa shape index (κ3) is 2.42. The quantitative estimate of drug-likeness (QED) is 0.795. The van der Waals surface area contributed by atoms with E-state index in [0.29, 0.717) is 18.2 Å². The molecule has 2 fully saturated rings. The second-order valence-electron chi connectivity index (χ2n) is 5.45. The van der Waals surface area contributed by atoms with Crippen LogP contribution < -0.4 is 5.32 Å². The van der Waals surface area contributed by atoms with Gasteiger partial charge in [0.2, 0.25) is 5.69 Å². The largest absolute Gasteiger partial charge is 0.371 e. The number of nitrogens with zero attached hydrogens (tertiary/aromatic N) is 2. The molecule has 0 saturated carbocycles. The van der Waals surface area contributed by atoms with Gasteiger partial charge < -0.3 is 10.1 Å². The van der Waals surface area contributed by atoms with E-state index >= 15 is 0 Å². The van der Waals surface area contributed by atoms with Gasteiger partial charge in [-0.15, -0.1) is 0 Å². The lowest BCUT2D eigenvalue weighted by molar-refractivity contribution is -0.0718. The number of aryl methyl sites for hydroxylation is 1. The van der Waals surface area contributed by atoms with Crippen LogP contribution in [0.1, 0.15) is 17.2 Å². The Morgan fingerprint density at radius 3 is 3.10 bits per heavy atom. The van der Waals surface area contributed by atoms with Gasteiger partial charge in [-0.1, -0.05) is 6.07 Å². The van der Waals surface area contributed by atoms with Crippen molar-refractivity contribution in [3.05, 3.63) is 40.5 Å². The smallest absolute Gasteiger partial charge is 0.224 e. The summed E-state index contributed by atoms with van der Waals surface area (Å²) in [5.74, 6) is -0.443. The monoisotopic (exact) mass is 275 g/mol. The lowest BCUT2D eigenvalue weighted by atomic mass is 10.0. The number of ether oxygens (including phenoxy) is 1. The van der Waals surface area contributed by atoms with E-state index in [1.165, 1.54) is 6.07 Å². The van der Waals surface area contributed by atoms with Crippen molar-refractivity contribution in [3.8, 4) is 0 Å². The minimum absolute atomic E-state index is 0.0997. The summed E-state index contributed by atoms with van der Waals surface area (Å²) in [5, 5.41) is 3.36. The van der Waals surface area contributed by atoms with Crippen molar-refractivity contribution in [2.45, 2.75) is 19.1 Å². The lowest BCUT2D eigenvalue weighted by Crippen LogP contribution is -2.57. The standard InChI is InChI=1S/C15H18FN3O/c1-10-5-11(6-13(16)15(10)17-2)14-8-19-4-3-18-7-12(19)9-20-14/h5-6,12,14,18H,3-4,7-9H2,1H3/t12-,14+/m1/s1. The number of rotatable bonds is 1. The summed E-state index contributed by atoms with van der Waals surface area (Å²) in [6, 6.07) is 3.76. The van der Waals surface area contributed by atoms with Crippen molar-refractivity contribution >= 4 is 5.69 Å². The van der Waals surface area contributed by atoms with Gasteiger partial charge in [0.1, 0.15) is 5.82 Å². The first-order valence-corrected chi connectivity index (χ1v) is 6.93. The topological polar surface area (TPSA) is 28.9 Å². The molecule has 0 spiro atoms. The third-order valence-electron chi connectivity index (χ3n) is 4.12. The Labute approximate surface area is 118 Å². The van der Waals surface area contributed by atoms with Gasteiger partial charge >= 0.3 is 0 Å². The molecule has 5 heteroatoms. The molecule has 2 saturated heterocycles. The van der Waals surface area contributed by atoms with E-state index in [9.17, 15) is 4.39 Å². The Kier molecular flexibility index (Phi) is 3.70. The van der Waals surface area contributed by atoms with Crippen molar-refractivity contribution in [2.24, 2.45) is 0 Å². The van der Waals surface area contributed by atoms with Crippen LogP contribution in [0.15, 0.2) is 12.1 Å². The summed E-state index contributed by atoms with van der Waals surface area (Å²) in [6.07, 6.45) is -0.0997. The van der Waals surface area contributed by atoms with Gasteiger partial charge in [-0.3, -0.25) is 4.90 Å². The highest BCUT2D eigenvalue weighted by Crippen LogP contribution is 2.31. The van der Waals surface area contributed by atoms with Crippen LogP contribution in [0.5, 0.6) is 0 Å². The molecule has 106 valence electrons. The average molecular weight is 275 g/mol. The van der Waals surface area contributed by atoms with Crippen molar-refractivity contribution in [2.75, 3.05) is 32.8 Å². The zero-order valence-corrected chi connectivity index (χ0v) is 11.5. The predicted octanol–water partition coefficient (Wildman–Crippen LogP) is 2.03. The summed E-state index contributed by atoms with van der Waals surface area (Å²) >= 11 is 0. The van der Waals surface area contributed by atoms with Crippen molar-refractivity contribution in [1.29, 1.82) is 0 Å². The molecule has 0 aliphatic carbocycles. The molecule has 1 N–H and O–H groups in total. The average Bonchev–Trinajstić information content (AvgIpc) is 2.46. The van der Waals surface area contributed by atoms with Crippen LogP contribution in [0.2, 0.25) is 0 Å². The molecular formula is C15H18FN3O. The maximum atomic E-state index is 13.9. The van der Waals surface area contributed by atoms with Crippen LogP contribution in [-0.4, -0.2) is 43.7 Å². The van der Waals surface area contributed by atoms with Gasteiger partial charge in [0.25, 0.3) is 0 Å². The van der Waals surface area contributed by atoms with E-state index in [1.807, 2.05) is 6.07 Å². The van der Waals surface area contributed by atoms with Crippen molar-refractivity contribution < 1.29 is 9.13 Å². The minimum atomic E-state index is -0.443. The number of hydrogen-bond donors (Lipinski definition) is 1. The van der Waals surface area contributed by atoms with E-state index in [1.54, 1.807) is 6.92 Å². The molecule has 0 bridgehead atoms. The number of morpholine rings is 1. The van der Waals surface area contributed by atoms with Crippen molar-refractivity contribution in [1.82, 2.24) is 10.2 Å². The number of fused-ring (bicyclic) bond motifs is 1. The fraction of sp³-hybridized carbons (Fsp3) is 0.533. The van der Waals surface area contributed by atoms with Crippen LogP contribution in [0, 0.1) is 19.3 Å². The zero-order valence-electron chi connectivity index (χ0n) is 11.5. The van der Waals surface area contributed by atoms with E-state index in [0.717, 1.165) is 31.7 Å². The highest BCUT2D eigenvalue weighted by Gasteiger charge is 2.31. The first kappa shape index (κ1) is 13.5. The van der Waals surface area contributed by atoms with Crippen LogP contribution in [0.25, 0.3) is 4.85 Å². The molecular weight excluding hydrogens is 257 g/mol. The van der Waals surface area contributed by atoms with Crippen LogP contribution in [-0.2, 0) is 4.74 Å². The molecule has 4 nitrogen and oxygen atoms in total. The van der Waals surface area contributed by atoms with E-state index in [-0.39, 0.29) is 11.8 Å². The first-order chi connectivity index (χ1) is 9.69. The maximum absolute atomic E-state index is 13.9. The molecule has 0 radical (unpaired) electrons. The van der Waals surface area contributed by atoms with E-state index < -0.39 is 5.82 Å². The molecule has 1 aromatic carbocycles. The van der Waals surface area contributed by atoms with Crippen LogP contribution >= 0.6 is 0 Å². The van der Waals surface area contributed by atoms with Crippen LogP contribution in [0.4, 0.5) is 10.1 Å². The maximum Gasteiger partial charge on any atom is 0.224 e. The molecule has 0 aromatic heterocycles. The van der Waals surface area contributed by atoms with Gasteiger partial charge in [-0.2, -0.15) is 0 Å². The summed E-state index contributed by atoms with van der Waals surface area (Å²) < 4.78 is 19.8. The van der Waals surface area contributed by atoms with Crippen molar-refractivity contribution in [3.63, 3.8) is 0 Å². The fourth-order valence-corrected chi connectivity index (χ4v) is 2.99. The third-order valence-corrected chi connectivity index (χ3v) is 4.12. The minimum Gasteiger partial charge on any atom is -0.371 e. The van der Waals surface area contributed by atoms with Gasteiger partial charge in [-0.05, 0) is 24.1 Å². The lowest BCUT2D eigenvalue weighted by Gasteiger charge is -2.42. The summed E-state index contributed by atoms with van der Waals surface area (Å²) in [6.45, 7) is 13.2. The highest BCUT2D eigenvalue weighted by atomic mass is 19.1. The Morgan fingerprint density at radius 2 is 2.35 bits per heavy atom. The van der Waals surface area contributed by atoms with Gasteiger partial charge in [-0.25, -0.2) is 9.24 Å². The molecule has 3 rings (SSSR count). The highest BCUT2D eigenvalue weighted by molar-refractivity contribution is 5.54. The van der Waals surface area contributed by atoms with E-state index in [2.05, 4.69) is 15.1 Å². The van der Waals surface area contributed by atoms with Crippen LogP contribution in [0.3, 0.4) is 0 Å². The summed E-state index contributed by atoms with van der Waals surface area (Å²) in [5.41, 5.74) is 1.63. The fourth-order valence-electron chi connectivity index (χ4n) is 2.99. The number of piperazine rings is 1. The molecule has 0 unspecified atom stereocenters. The number of benzene rings is 1. The second-order valence-corrected chi connectivity index (χ2v) is 5.45. The van der Waals surface area contributed by atoms with Gasteiger partial charge in [0.15, 0.2) is 0 Å². The normalized spacial score (nSPS) is 26.9. The summed E-state index contributed by atoms with van der Waals surface area (Å²) in [7, 11) is 0. The number of hydrogen-bond acceptors (Lipinski definition) is 3. The Bertz CT molecular complexity index is 532. The molecule has 2 heterocycles. The molecule has 1 aromatic rings. The molecule has 2 atom stereocenters. The van der Waals surface area contributed by atoms with Gasteiger partial charge in [0.05, 0.1) is 19.3 Å². The van der Waals surface area contributed by atoms with Gasteiger partial charge in [0, 0.05) is 32.2 Å². The number of halogens is 1. The molecule has 20 heavy (non-hydrogen) atoms. The Morgan fingerprint density at radius 1 is 1.50 bits per heavy atom. The molecule has 2 aliphatic heterocycles. The predicted molar refractivity (Wildman–Crippen MR) is 74.3 cm³/mol. The zero-order chi connectivity index (χ0) is 14.1. The second kappa shape index (κ2) is 5.49. The Hall–Kier alpha value is -1.48. The molecule has 0 amide bonds. The SMILES string of the molecule is [C-]#[N+]c1c(C)cc([C@@H]2CN3CCNC[C@@H]3CO2)cc1F.